The zero-order valence-electron chi connectivity index (χ0n) is 15.8. The van der Waals surface area contributed by atoms with Gasteiger partial charge in [0.1, 0.15) is 6.61 Å². The third-order valence-electron chi connectivity index (χ3n) is 5.32. The first kappa shape index (κ1) is 19.3. The van der Waals surface area contributed by atoms with E-state index in [1.54, 1.807) is 38.4 Å². The van der Waals surface area contributed by atoms with Crippen LogP contribution in [-0.4, -0.2) is 74.7 Å². The molecule has 1 aromatic carbocycles. The minimum absolute atomic E-state index is 0.0483. The predicted octanol–water partition coefficient (Wildman–Crippen LogP) is 1.14. The van der Waals surface area contributed by atoms with Crippen molar-refractivity contribution in [2.45, 2.75) is 12.5 Å². The van der Waals surface area contributed by atoms with Gasteiger partial charge in [0, 0.05) is 45.3 Å². The molecule has 0 aliphatic carbocycles. The van der Waals surface area contributed by atoms with Crippen LogP contribution < -0.4 is 0 Å². The van der Waals surface area contributed by atoms with Gasteiger partial charge in [-0.25, -0.2) is 0 Å². The van der Waals surface area contributed by atoms with Crippen molar-refractivity contribution < 1.29 is 19.1 Å². The summed E-state index contributed by atoms with van der Waals surface area (Å²) in [7, 11) is 3.41. The van der Waals surface area contributed by atoms with Gasteiger partial charge in [-0.3, -0.25) is 9.59 Å². The lowest BCUT2D eigenvalue weighted by atomic mass is 9.91. The van der Waals surface area contributed by atoms with Gasteiger partial charge in [0.05, 0.1) is 24.3 Å². The first-order chi connectivity index (χ1) is 13.0. The number of carbonyl (C=O) groups excluding carboxylic acids is 2. The SMILES string of the molecule is CN(C)C(=O)COCC[C@H]1CO[C@H]2CN(C(=O)c3cccc(C#N)c3)C[C@@H]12. The summed E-state index contributed by atoms with van der Waals surface area (Å²) in [5.74, 6) is 0.512. The Morgan fingerprint density at radius 2 is 2.19 bits per heavy atom. The summed E-state index contributed by atoms with van der Waals surface area (Å²) in [6.45, 7) is 2.51. The van der Waals surface area contributed by atoms with Crippen LogP contribution in [0.1, 0.15) is 22.3 Å². The summed E-state index contributed by atoms with van der Waals surface area (Å²) >= 11 is 0. The topological polar surface area (TPSA) is 82.9 Å². The highest BCUT2D eigenvalue weighted by molar-refractivity contribution is 5.94. The largest absolute Gasteiger partial charge is 0.376 e. The number of amides is 2. The van der Waals surface area contributed by atoms with Gasteiger partial charge in [0.15, 0.2) is 0 Å². The molecule has 3 atom stereocenters. The van der Waals surface area contributed by atoms with E-state index >= 15 is 0 Å². The first-order valence-electron chi connectivity index (χ1n) is 9.18. The van der Waals surface area contributed by atoms with Crippen LogP contribution in [0.2, 0.25) is 0 Å². The molecule has 1 aromatic rings. The molecule has 2 heterocycles. The molecule has 0 saturated carbocycles. The molecule has 0 aromatic heterocycles. The van der Waals surface area contributed by atoms with Crippen LogP contribution in [0.5, 0.6) is 0 Å². The molecule has 7 nitrogen and oxygen atoms in total. The second kappa shape index (κ2) is 8.51. The van der Waals surface area contributed by atoms with E-state index in [-0.39, 0.29) is 24.5 Å². The van der Waals surface area contributed by atoms with Crippen molar-refractivity contribution in [2.24, 2.45) is 11.8 Å². The van der Waals surface area contributed by atoms with Gasteiger partial charge in [-0.15, -0.1) is 0 Å². The summed E-state index contributed by atoms with van der Waals surface area (Å²) in [6.07, 6.45) is 0.870. The molecule has 0 unspecified atom stereocenters. The molecular weight excluding hydrogens is 346 g/mol. The Hall–Kier alpha value is -2.43. The average molecular weight is 371 g/mol. The Labute approximate surface area is 159 Å². The van der Waals surface area contributed by atoms with Crippen LogP contribution in [0.25, 0.3) is 0 Å². The fourth-order valence-corrected chi connectivity index (χ4v) is 3.69. The maximum Gasteiger partial charge on any atom is 0.253 e. The smallest absolute Gasteiger partial charge is 0.253 e. The molecule has 0 radical (unpaired) electrons. The highest BCUT2D eigenvalue weighted by atomic mass is 16.5. The number of carbonyl (C=O) groups is 2. The predicted molar refractivity (Wildman–Crippen MR) is 97.9 cm³/mol. The summed E-state index contributed by atoms with van der Waals surface area (Å²) in [5.41, 5.74) is 1.02. The van der Waals surface area contributed by atoms with Crippen molar-refractivity contribution >= 4 is 11.8 Å². The molecule has 2 saturated heterocycles. The maximum absolute atomic E-state index is 12.7. The number of fused-ring (bicyclic) bond motifs is 1. The quantitative estimate of drug-likeness (QED) is 0.701. The molecule has 3 rings (SSSR count). The molecular formula is C20H25N3O4. The number of benzene rings is 1. The van der Waals surface area contributed by atoms with Crippen LogP contribution in [0.3, 0.4) is 0 Å². The fraction of sp³-hybridized carbons (Fsp3) is 0.550. The Bertz CT molecular complexity index is 743. The van der Waals surface area contributed by atoms with E-state index in [0.29, 0.717) is 49.3 Å². The van der Waals surface area contributed by atoms with E-state index in [0.717, 1.165) is 6.42 Å². The monoisotopic (exact) mass is 371 g/mol. The Balaban J connectivity index is 1.51. The Morgan fingerprint density at radius 1 is 1.37 bits per heavy atom. The van der Waals surface area contributed by atoms with Gasteiger partial charge in [0.2, 0.25) is 5.91 Å². The Morgan fingerprint density at radius 3 is 2.93 bits per heavy atom. The average Bonchev–Trinajstić information content (AvgIpc) is 3.25. The number of rotatable bonds is 6. The third kappa shape index (κ3) is 4.46. The number of likely N-dealkylation sites (tertiary alicyclic amines) is 1. The number of nitriles is 1. The molecule has 7 heteroatoms. The lowest BCUT2D eigenvalue weighted by Gasteiger charge is -2.20. The number of nitrogens with zero attached hydrogens (tertiary/aromatic N) is 3. The van der Waals surface area contributed by atoms with E-state index in [4.69, 9.17) is 14.7 Å². The summed E-state index contributed by atoms with van der Waals surface area (Å²) < 4.78 is 11.4. The molecule has 144 valence electrons. The molecule has 0 spiro atoms. The molecule has 2 aliphatic rings. The van der Waals surface area contributed by atoms with E-state index in [1.807, 2.05) is 4.90 Å². The lowest BCUT2D eigenvalue weighted by molar-refractivity contribution is -0.133. The highest BCUT2D eigenvalue weighted by Gasteiger charge is 2.45. The fourth-order valence-electron chi connectivity index (χ4n) is 3.69. The lowest BCUT2D eigenvalue weighted by Crippen LogP contribution is -2.31. The standard InChI is InChI=1S/C20H25N3O4/c1-22(2)19(24)13-26-7-6-16-12-27-18-11-23(10-17(16)18)20(25)15-5-3-4-14(8-15)9-21/h3-5,8,16-18H,6-7,10-13H2,1-2H3/t16-,17-,18-/m0/s1. The van der Waals surface area contributed by atoms with E-state index in [2.05, 4.69) is 6.07 Å². The van der Waals surface area contributed by atoms with Crippen molar-refractivity contribution in [1.82, 2.24) is 9.80 Å². The van der Waals surface area contributed by atoms with Gasteiger partial charge in [-0.1, -0.05) is 6.07 Å². The second-order valence-electron chi connectivity index (χ2n) is 7.33. The molecule has 0 N–H and O–H groups in total. The molecule has 2 fully saturated rings. The van der Waals surface area contributed by atoms with Crippen molar-refractivity contribution in [3.05, 3.63) is 35.4 Å². The normalized spacial score (nSPS) is 23.7. The van der Waals surface area contributed by atoms with Crippen LogP contribution in [0.15, 0.2) is 24.3 Å². The zero-order chi connectivity index (χ0) is 19.4. The van der Waals surface area contributed by atoms with Gasteiger partial charge in [-0.2, -0.15) is 5.26 Å². The third-order valence-corrected chi connectivity index (χ3v) is 5.32. The van der Waals surface area contributed by atoms with E-state index in [9.17, 15) is 9.59 Å². The summed E-state index contributed by atoms with van der Waals surface area (Å²) in [4.78, 5) is 27.6. The Kier molecular flexibility index (Phi) is 6.09. The molecule has 27 heavy (non-hydrogen) atoms. The summed E-state index contributed by atoms with van der Waals surface area (Å²) in [6, 6.07) is 8.86. The highest BCUT2D eigenvalue weighted by Crippen LogP contribution is 2.36. The van der Waals surface area contributed by atoms with Crippen LogP contribution in [0.4, 0.5) is 0 Å². The van der Waals surface area contributed by atoms with E-state index in [1.165, 1.54) is 4.90 Å². The zero-order valence-corrected chi connectivity index (χ0v) is 15.8. The maximum atomic E-state index is 12.7. The van der Waals surface area contributed by atoms with Gasteiger partial charge < -0.3 is 19.3 Å². The van der Waals surface area contributed by atoms with Crippen LogP contribution in [0, 0.1) is 23.2 Å². The first-order valence-corrected chi connectivity index (χ1v) is 9.18. The number of hydrogen-bond donors (Lipinski definition) is 0. The van der Waals surface area contributed by atoms with Crippen molar-refractivity contribution in [3.63, 3.8) is 0 Å². The van der Waals surface area contributed by atoms with Crippen molar-refractivity contribution in [2.75, 3.05) is 47.0 Å². The van der Waals surface area contributed by atoms with Gasteiger partial charge in [0.25, 0.3) is 5.91 Å². The van der Waals surface area contributed by atoms with Crippen molar-refractivity contribution in [3.8, 4) is 6.07 Å². The minimum atomic E-state index is -0.0586. The number of likely N-dealkylation sites (N-methyl/N-ethyl adjacent to an activating group) is 1. The van der Waals surface area contributed by atoms with Crippen LogP contribution in [-0.2, 0) is 14.3 Å². The molecule has 0 bridgehead atoms. The van der Waals surface area contributed by atoms with Gasteiger partial charge in [-0.05, 0) is 30.5 Å². The van der Waals surface area contributed by atoms with Crippen LogP contribution >= 0.6 is 0 Å². The second-order valence-corrected chi connectivity index (χ2v) is 7.33. The minimum Gasteiger partial charge on any atom is -0.376 e. The molecule has 2 amide bonds. The van der Waals surface area contributed by atoms with Gasteiger partial charge >= 0.3 is 0 Å². The molecule has 2 aliphatic heterocycles. The number of hydrogen-bond acceptors (Lipinski definition) is 5. The summed E-state index contributed by atoms with van der Waals surface area (Å²) in [5, 5.41) is 9.01. The number of ether oxygens (including phenoxy) is 2. The van der Waals surface area contributed by atoms with Crippen molar-refractivity contribution in [1.29, 1.82) is 5.26 Å². The van der Waals surface area contributed by atoms with E-state index < -0.39 is 0 Å².